The first-order valence-corrected chi connectivity index (χ1v) is 6.80. The molecule has 86 valence electrons. The van der Waals surface area contributed by atoms with Gasteiger partial charge in [-0.25, -0.2) is 0 Å². The van der Waals surface area contributed by atoms with Crippen LogP contribution in [0.1, 0.15) is 5.56 Å². The van der Waals surface area contributed by atoms with Crippen LogP contribution in [0.5, 0.6) is 0 Å². The van der Waals surface area contributed by atoms with Gasteiger partial charge in [-0.05, 0) is 35.5 Å². The van der Waals surface area contributed by atoms with Gasteiger partial charge in [-0.2, -0.15) is 0 Å². The highest BCUT2D eigenvalue weighted by atomic mass is 32.2. The summed E-state index contributed by atoms with van der Waals surface area (Å²) < 4.78 is 12.3. The van der Waals surface area contributed by atoms with Crippen molar-refractivity contribution in [2.75, 3.05) is 7.05 Å². The third-order valence-corrected chi connectivity index (χ3v) is 4.70. The lowest BCUT2D eigenvalue weighted by Gasteiger charge is -2.19. The Balaban J connectivity index is 2.24. The predicted molar refractivity (Wildman–Crippen MR) is 72.2 cm³/mol. The van der Waals surface area contributed by atoms with Crippen molar-refractivity contribution in [3.05, 3.63) is 48.0 Å². The number of rotatable bonds is 1. The number of benzene rings is 2. The van der Waals surface area contributed by atoms with Crippen molar-refractivity contribution in [3.63, 3.8) is 0 Å². The molecule has 0 spiro atoms. The van der Waals surface area contributed by atoms with Crippen LogP contribution in [0.3, 0.4) is 0 Å². The minimum Gasteiger partial charge on any atom is -0.303 e. The lowest BCUT2D eigenvalue weighted by Crippen LogP contribution is -2.29. The Bertz CT molecular complexity index is 633. The van der Waals surface area contributed by atoms with E-state index in [-0.39, 0.29) is 5.37 Å². The average Bonchev–Trinajstić information content (AvgIpc) is 2.37. The van der Waals surface area contributed by atoms with E-state index < -0.39 is 10.8 Å². The van der Waals surface area contributed by atoms with E-state index >= 15 is 0 Å². The molecule has 0 fully saturated rings. The van der Waals surface area contributed by atoms with Crippen molar-refractivity contribution in [2.45, 2.75) is 10.3 Å². The molecule has 0 saturated carbocycles. The molecule has 0 bridgehead atoms. The molecule has 1 N–H and O–H groups in total. The Morgan fingerprint density at radius 2 is 1.88 bits per heavy atom. The second kappa shape index (κ2) is 4.09. The van der Waals surface area contributed by atoms with E-state index in [4.69, 9.17) is 0 Å². The van der Waals surface area contributed by atoms with Gasteiger partial charge in [0.05, 0.1) is 10.8 Å². The van der Waals surface area contributed by atoms with Gasteiger partial charge in [-0.15, -0.1) is 0 Å². The van der Waals surface area contributed by atoms with Crippen LogP contribution in [-0.2, 0) is 10.8 Å². The number of likely N-dealkylation sites (N-methyl/N-ethyl adjacent to an activating group) is 1. The van der Waals surface area contributed by atoms with Crippen LogP contribution < -0.4 is 5.32 Å². The van der Waals surface area contributed by atoms with Gasteiger partial charge < -0.3 is 5.32 Å². The Labute approximate surface area is 103 Å². The molecule has 0 aliphatic carbocycles. The van der Waals surface area contributed by atoms with Gasteiger partial charge in [-0.1, -0.05) is 36.4 Å². The van der Waals surface area contributed by atoms with Crippen molar-refractivity contribution < 1.29 is 4.21 Å². The topological polar surface area (TPSA) is 29.1 Å². The van der Waals surface area contributed by atoms with Crippen molar-refractivity contribution in [2.24, 2.45) is 0 Å². The molecule has 1 heterocycles. The number of hydrogen-bond acceptors (Lipinski definition) is 2. The Kier molecular flexibility index (Phi) is 2.57. The monoisotopic (exact) mass is 243 g/mol. The summed E-state index contributed by atoms with van der Waals surface area (Å²) >= 11 is 0. The molecule has 0 radical (unpaired) electrons. The molecule has 2 atom stereocenters. The highest BCUT2D eigenvalue weighted by Gasteiger charge is 2.20. The van der Waals surface area contributed by atoms with Crippen LogP contribution in [0.25, 0.3) is 16.8 Å². The van der Waals surface area contributed by atoms with Gasteiger partial charge in [-0.3, -0.25) is 4.21 Å². The van der Waals surface area contributed by atoms with Crippen LogP contribution in [0, 0.1) is 0 Å². The van der Waals surface area contributed by atoms with Gasteiger partial charge in [0.15, 0.2) is 0 Å². The average molecular weight is 243 g/mol. The maximum Gasteiger partial charge on any atom is 0.107 e. The standard InChI is InChI=1S/C14H13NOS/c1-15-14-7-6-12-8-10-4-2-3-5-11(10)9-13(12)17(14)16/h2-9,14-15H,1H3. The van der Waals surface area contributed by atoms with Gasteiger partial charge >= 0.3 is 0 Å². The molecule has 2 aromatic rings. The molecular weight excluding hydrogens is 230 g/mol. The maximum atomic E-state index is 12.3. The summed E-state index contributed by atoms with van der Waals surface area (Å²) in [7, 11) is 0.825. The van der Waals surface area contributed by atoms with Gasteiger partial charge in [0.1, 0.15) is 5.37 Å². The molecule has 0 amide bonds. The normalized spacial score (nSPS) is 22.6. The summed E-state index contributed by atoms with van der Waals surface area (Å²) in [6.07, 6.45) is 4.01. The summed E-state index contributed by atoms with van der Waals surface area (Å²) in [5.41, 5.74) is 1.06. The van der Waals surface area contributed by atoms with Crippen molar-refractivity contribution in [1.29, 1.82) is 0 Å². The number of hydrogen-bond donors (Lipinski definition) is 1. The van der Waals surface area contributed by atoms with E-state index in [1.165, 1.54) is 5.39 Å². The first-order chi connectivity index (χ1) is 8.29. The fraction of sp³-hybridized carbons (Fsp3) is 0.143. The second-order valence-corrected chi connectivity index (χ2v) is 5.65. The fourth-order valence-electron chi connectivity index (χ4n) is 2.14. The molecule has 0 saturated heterocycles. The van der Waals surface area contributed by atoms with E-state index in [0.29, 0.717) is 0 Å². The maximum absolute atomic E-state index is 12.3. The quantitative estimate of drug-likeness (QED) is 0.834. The largest absolute Gasteiger partial charge is 0.303 e. The first kappa shape index (κ1) is 10.7. The summed E-state index contributed by atoms with van der Waals surface area (Å²) in [4.78, 5) is 0.922. The van der Waals surface area contributed by atoms with Crippen LogP contribution >= 0.6 is 0 Å². The van der Waals surface area contributed by atoms with Crippen molar-refractivity contribution in [1.82, 2.24) is 5.32 Å². The third kappa shape index (κ3) is 1.72. The smallest absolute Gasteiger partial charge is 0.107 e. The van der Waals surface area contributed by atoms with Gasteiger partial charge in [0.2, 0.25) is 0 Å². The lowest BCUT2D eigenvalue weighted by molar-refractivity contribution is 0.668. The van der Waals surface area contributed by atoms with Gasteiger partial charge in [0.25, 0.3) is 0 Å². The van der Waals surface area contributed by atoms with Crippen LogP contribution in [0.15, 0.2) is 47.4 Å². The zero-order chi connectivity index (χ0) is 11.8. The molecule has 1 aliphatic rings. The lowest BCUT2D eigenvalue weighted by atomic mass is 10.1. The molecule has 2 aromatic carbocycles. The van der Waals surface area contributed by atoms with E-state index in [1.807, 2.05) is 37.4 Å². The van der Waals surface area contributed by atoms with Crippen molar-refractivity contribution in [3.8, 4) is 0 Å². The molecule has 2 unspecified atom stereocenters. The van der Waals surface area contributed by atoms with Crippen LogP contribution in [0.4, 0.5) is 0 Å². The first-order valence-electron chi connectivity index (χ1n) is 5.58. The summed E-state index contributed by atoms with van der Waals surface area (Å²) in [6, 6.07) is 12.3. The number of fused-ring (bicyclic) bond motifs is 2. The molecule has 3 heteroatoms. The highest BCUT2D eigenvalue weighted by Crippen LogP contribution is 2.28. The van der Waals surface area contributed by atoms with Crippen LogP contribution in [-0.4, -0.2) is 16.6 Å². The third-order valence-electron chi connectivity index (χ3n) is 3.06. The molecular formula is C14H13NOS. The predicted octanol–water partition coefficient (Wildman–Crippen LogP) is 2.52. The van der Waals surface area contributed by atoms with E-state index in [0.717, 1.165) is 15.8 Å². The molecule has 0 aromatic heterocycles. The molecule has 17 heavy (non-hydrogen) atoms. The van der Waals surface area contributed by atoms with E-state index in [2.05, 4.69) is 23.5 Å². The Hall–Kier alpha value is -1.45. The highest BCUT2D eigenvalue weighted by molar-refractivity contribution is 7.86. The zero-order valence-electron chi connectivity index (χ0n) is 9.51. The molecule has 1 aliphatic heterocycles. The second-order valence-electron chi connectivity index (χ2n) is 4.10. The van der Waals surface area contributed by atoms with E-state index in [9.17, 15) is 4.21 Å². The van der Waals surface area contributed by atoms with Gasteiger partial charge in [0, 0.05) is 4.90 Å². The SMILES string of the molecule is CNC1C=Cc2cc3ccccc3cc2S1=O. The summed E-state index contributed by atoms with van der Waals surface area (Å²) in [6.45, 7) is 0. The zero-order valence-corrected chi connectivity index (χ0v) is 10.3. The number of nitrogens with one attached hydrogen (secondary N) is 1. The molecule has 3 rings (SSSR count). The fourth-order valence-corrected chi connectivity index (χ4v) is 3.46. The Morgan fingerprint density at radius 3 is 2.59 bits per heavy atom. The van der Waals surface area contributed by atoms with E-state index in [1.54, 1.807) is 0 Å². The minimum atomic E-state index is -1.01. The Morgan fingerprint density at radius 1 is 1.18 bits per heavy atom. The van der Waals surface area contributed by atoms with Crippen molar-refractivity contribution >= 4 is 27.6 Å². The summed E-state index contributed by atoms with van der Waals surface area (Å²) in [5.74, 6) is 0. The minimum absolute atomic E-state index is 0.0799. The molecule has 2 nitrogen and oxygen atoms in total. The van der Waals surface area contributed by atoms with Crippen LogP contribution in [0.2, 0.25) is 0 Å². The summed E-state index contributed by atoms with van der Waals surface area (Å²) in [5, 5.41) is 5.31.